The van der Waals surface area contributed by atoms with E-state index < -0.39 is 0 Å². The van der Waals surface area contributed by atoms with E-state index in [4.69, 9.17) is 0 Å². The lowest BCUT2D eigenvalue weighted by molar-refractivity contribution is -0.137. The Morgan fingerprint density at radius 3 is 2.36 bits per heavy atom. The van der Waals surface area contributed by atoms with Gasteiger partial charge >= 0.3 is 0 Å². The Balaban J connectivity index is 1.61. The number of rotatable bonds is 1. The minimum absolute atomic E-state index is 0.389. The Morgan fingerprint density at radius 1 is 0.920 bits per heavy atom. The van der Waals surface area contributed by atoms with Crippen molar-refractivity contribution in [3.63, 3.8) is 0 Å². The summed E-state index contributed by atoms with van der Waals surface area (Å²) in [5.41, 5.74) is 1.55. The molecular weight excluding hydrogens is 304 g/mol. The molecule has 0 aromatic heterocycles. The highest BCUT2D eigenvalue weighted by atomic mass is 16.3. The maximum absolute atomic E-state index is 10.6. The molecule has 142 valence electrons. The molecule has 4 rings (SSSR count). The number of hydrogen-bond donors (Lipinski definition) is 1. The molecule has 0 saturated heterocycles. The van der Waals surface area contributed by atoms with E-state index in [9.17, 15) is 5.11 Å². The molecule has 0 heterocycles. The van der Waals surface area contributed by atoms with Gasteiger partial charge in [-0.2, -0.15) is 0 Å². The summed E-state index contributed by atoms with van der Waals surface area (Å²) in [6.07, 6.45) is 11.8. The third-order valence-electron chi connectivity index (χ3n) is 9.45. The van der Waals surface area contributed by atoms with Crippen molar-refractivity contribution in [2.75, 3.05) is 0 Å². The second kappa shape index (κ2) is 6.11. The van der Waals surface area contributed by atoms with Crippen LogP contribution in [0.2, 0.25) is 0 Å². The van der Waals surface area contributed by atoms with Crippen molar-refractivity contribution in [3.8, 4) is 0 Å². The lowest BCUT2D eigenvalue weighted by Crippen LogP contribution is -2.55. The quantitative estimate of drug-likeness (QED) is 0.560. The van der Waals surface area contributed by atoms with Crippen LogP contribution in [0.4, 0.5) is 0 Å². The van der Waals surface area contributed by atoms with Crippen LogP contribution >= 0.6 is 0 Å². The molecule has 0 aromatic carbocycles. The van der Waals surface area contributed by atoms with Crippen LogP contribution in [-0.2, 0) is 0 Å². The summed E-state index contributed by atoms with van der Waals surface area (Å²) in [5.74, 6) is 6.13. The Morgan fingerprint density at radius 2 is 1.64 bits per heavy atom. The van der Waals surface area contributed by atoms with Gasteiger partial charge in [-0.25, -0.2) is 0 Å². The Labute approximate surface area is 155 Å². The number of fused-ring (bicyclic) bond motifs is 5. The fourth-order valence-electron chi connectivity index (χ4n) is 8.58. The maximum atomic E-state index is 10.6. The van der Waals surface area contributed by atoms with Crippen molar-refractivity contribution in [1.82, 2.24) is 0 Å². The predicted molar refractivity (Wildman–Crippen MR) is 105 cm³/mol. The summed E-state index contributed by atoms with van der Waals surface area (Å²) >= 11 is 0. The van der Waals surface area contributed by atoms with E-state index in [1.165, 1.54) is 50.5 Å². The maximum Gasteiger partial charge on any atom is 0.0622 e. The van der Waals surface area contributed by atoms with Crippen molar-refractivity contribution in [3.05, 3.63) is 12.2 Å². The zero-order valence-electron chi connectivity index (χ0n) is 17.1. The van der Waals surface area contributed by atoms with Gasteiger partial charge in [0.25, 0.3) is 0 Å². The molecule has 4 aliphatic rings. The Kier molecular flexibility index (Phi) is 4.42. The van der Waals surface area contributed by atoms with E-state index in [0.717, 1.165) is 54.3 Å². The van der Waals surface area contributed by atoms with Gasteiger partial charge in [0.05, 0.1) is 5.60 Å². The van der Waals surface area contributed by atoms with Gasteiger partial charge in [0.15, 0.2) is 0 Å². The average molecular weight is 345 g/mol. The second-order valence-electron chi connectivity index (χ2n) is 11.1. The van der Waals surface area contributed by atoms with Gasteiger partial charge in [0.1, 0.15) is 0 Å². The van der Waals surface area contributed by atoms with Crippen LogP contribution in [0, 0.1) is 46.8 Å². The number of hydrogen-bond acceptors (Lipinski definition) is 1. The van der Waals surface area contributed by atoms with Gasteiger partial charge in [-0.05, 0) is 118 Å². The molecule has 4 saturated carbocycles. The minimum atomic E-state index is -0.389. The molecule has 9 atom stereocenters. The molecule has 0 radical (unpaired) electrons. The van der Waals surface area contributed by atoms with Gasteiger partial charge in [-0.15, -0.1) is 0 Å². The smallest absolute Gasteiger partial charge is 0.0622 e. The van der Waals surface area contributed by atoms with Crippen LogP contribution in [0.15, 0.2) is 12.2 Å². The summed E-state index contributed by atoms with van der Waals surface area (Å²) in [6, 6.07) is 0. The summed E-state index contributed by atoms with van der Waals surface area (Å²) < 4.78 is 0. The lowest BCUT2D eigenvalue weighted by atomic mass is 9.42. The zero-order valence-corrected chi connectivity index (χ0v) is 17.1. The molecule has 1 nitrogen and oxygen atoms in total. The third kappa shape index (κ3) is 2.84. The van der Waals surface area contributed by atoms with Crippen LogP contribution in [0.25, 0.3) is 0 Å². The average Bonchev–Trinajstić information content (AvgIpc) is 2.52. The molecule has 4 fully saturated rings. The molecule has 0 aliphatic heterocycles. The zero-order chi connectivity index (χ0) is 18.0. The topological polar surface area (TPSA) is 20.2 Å². The molecule has 0 unspecified atom stereocenters. The molecule has 0 aromatic rings. The summed E-state index contributed by atoms with van der Waals surface area (Å²) in [4.78, 5) is 0. The first-order chi connectivity index (χ1) is 11.7. The van der Waals surface area contributed by atoms with Crippen LogP contribution in [0.1, 0.15) is 85.5 Å². The van der Waals surface area contributed by atoms with Crippen molar-refractivity contribution >= 4 is 0 Å². The molecule has 25 heavy (non-hydrogen) atoms. The highest BCUT2D eigenvalue weighted by Gasteiger charge is 2.57. The van der Waals surface area contributed by atoms with E-state index in [0.29, 0.717) is 5.41 Å². The first-order valence-corrected chi connectivity index (χ1v) is 11.1. The predicted octanol–water partition coefficient (Wildman–Crippen LogP) is 6.22. The largest absolute Gasteiger partial charge is 0.390 e. The highest BCUT2D eigenvalue weighted by molar-refractivity contribution is 5.13. The minimum Gasteiger partial charge on any atom is -0.390 e. The fraction of sp³-hybridized carbons (Fsp3) is 0.917. The molecule has 0 bridgehead atoms. The van der Waals surface area contributed by atoms with Crippen LogP contribution in [-0.4, -0.2) is 10.7 Å². The molecule has 0 spiro atoms. The Hall–Kier alpha value is -0.300. The lowest BCUT2D eigenvalue weighted by Gasteiger charge is -2.62. The molecule has 4 aliphatic carbocycles. The van der Waals surface area contributed by atoms with Crippen LogP contribution in [0.3, 0.4) is 0 Å². The summed E-state index contributed by atoms with van der Waals surface area (Å²) in [6.45, 7) is 13.9. The van der Waals surface area contributed by atoms with Gasteiger partial charge < -0.3 is 5.11 Å². The van der Waals surface area contributed by atoms with E-state index in [-0.39, 0.29) is 5.60 Å². The van der Waals surface area contributed by atoms with Crippen molar-refractivity contribution < 1.29 is 5.11 Å². The van der Waals surface area contributed by atoms with Crippen LogP contribution in [0.5, 0.6) is 0 Å². The first kappa shape index (κ1) is 18.1. The third-order valence-corrected chi connectivity index (χ3v) is 9.45. The van der Waals surface area contributed by atoms with E-state index >= 15 is 0 Å². The van der Waals surface area contributed by atoms with E-state index in [1.54, 1.807) is 0 Å². The van der Waals surface area contributed by atoms with Crippen molar-refractivity contribution in [2.24, 2.45) is 46.8 Å². The first-order valence-electron chi connectivity index (χ1n) is 11.1. The SMILES string of the molecule is C=C(C)[C@H]1CC[C@@H](C)[C@H]2[C@@H]3CC[C@H]4C[C@](C)(O)CC[C@@H]4[C@H]3CC[C@@]21C. The standard InChI is InChI=1S/C24H40O/c1-15(2)21-9-6-16(3)22-20-8-7-17-14-23(4,25)12-10-18(17)19(20)11-13-24(21,22)5/h16-22,25H,1,6-14H2,2-5H3/t16-,17+,18+,19-,20-,21-,22+,23-,24-/m1/s1. The molecule has 0 amide bonds. The van der Waals surface area contributed by atoms with Gasteiger partial charge in [-0.1, -0.05) is 26.0 Å². The van der Waals surface area contributed by atoms with Crippen molar-refractivity contribution in [1.29, 1.82) is 0 Å². The molecular formula is C24H40O. The summed E-state index contributed by atoms with van der Waals surface area (Å²) in [5, 5.41) is 10.6. The number of aliphatic hydroxyl groups is 1. The molecule has 1 heteroatoms. The van der Waals surface area contributed by atoms with Gasteiger partial charge in [0, 0.05) is 0 Å². The molecule has 1 N–H and O–H groups in total. The van der Waals surface area contributed by atoms with Gasteiger partial charge in [0.2, 0.25) is 0 Å². The van der Waals surface area contributed by atoms with E-state index in [2.05, 4.69) is 34.3 Å². The van der Waals surface area contributed by atoms with Crippen molar-refractivity contribution in [2.45, 2.75) is 91.1 Å². The fourth-order valence-corrected chi connectivity index (χ4v) is 8.58. The van der Waals surface area contributed by atoms with Crippen LogP contribution < -0.4 is 0 Å². The summed E-state index contributed by atoms with van der Waals surface area (Å²) in [7, 11) is 0. The number of allylic oxidation sites excluding steroid dienone is 1. The highest BCUT2D eigenvalue weighted by Crippen LogP contribution is 2.65. The van der Waals surface area contributed by atoms with E-state index in [1.807, 2.05) is 0 Å². The second-order valence-corrected chi connectivity index (χ2v) is 11.1. The Bertz CT molecular complexity index is 534. The monoisotopic (exact) mass is 344 g/mol. The normalized spacial score (nSPS) is 55.6. The van der Waals surface area contributed by atoms with Gasteiger partial charge in [-0.3, -0.25) is 0 Å².